The molecule has 1 heterocycles. The number of hydrogen-bond donors (Lipinski definition) is 0. The zero-order valence-electron chi connectivity index (χ0n) is 10.7. The molecule has 1 aromatic heterocycles. The van der Waals surface area contributed by atoms with E-state index in [1.807, 2.05) is 19.1 Å². The summed E-state index contributed by atoms with van der Waals surface area (Å²) in [5, 5.41) is 0. The molecule has 1 amide bonds. The maximum atomic E-state index is 13.2. The molecule has 0 fully saturated rings. The summed E-state index contributed by atoms with van der Waals surface area (Å²) >= 11 is 10.4. The number of rotatable bonds is 4. The van der Waals surface area contributed by atoms with E-state index in [1.165, 1.54) is 29.5 Å². The number of halogens is 3. The van der Waals surface area contributed by atoms with E-state index >= 15 is 0 Å². The van der Waals surface area contributed by atoms with E-state index in [2.05, 4.69) is 15.9 Å². The first-order valence-electron chi connectivity index (χ1n) is 5.99. The van der Waals surface area contributed by atoms with Gasteiger partial charge in [0.05, 0.1) is 15.4 Å². The van der Waals surface area contributed by atoms with Gasteiger partial charge in [0.25, 0.3) is 5.91 Å². The zero-order chi connectivity index (χ0) is 14.7. The predicted molar refractivity (Wildman–Crippen MR) is 83.8 cm³/mol. The smallest absolute Gasteiger partial charge is 0.254 e. The Morgan fingerprint density at radius 2 is 2.15 bits per heavy atom. The average molecular weight is 377 g/mol. The van der Waals surface area contributed by atoms with Crippen molar-refractivity contribution in [1.82, 2.24) is 4.90 Å². The number of thiophene rings is 1. The fraction of sp³-hybridized carbons (Fsp3) is 0.214. The van der Waals surface area contributed by atoms with Gasteiger partial charge < -0.3 is 4.90 Å². The van der Waals surface area contributed by atoms with Crippen molar-refractivity contribution >= 4 is 44.8 Å². The van der Waals surface area contributed by atoms with Crippen molar-refractivity contribution in [1.29, 1.82) is 0 Å². The molecule has 0 bridgehead atoms. The molecule has 0 atom stereocenters. The van der Waals surface area contributed by atoms with E-state index in [1.54, 1.807) is 4.90 Å². The summed E-state index contributed by atoms with van der Waals surface area (Å²) in [4.78, 5) is 15.1. The first kappa shape index (κ1) is 15.5. The van der Waals surface area contributed by atoms with Gasteiger partial charge in [-0.2, -0.15) is 0 Å². The second-order valence-electron chi connectivity index (χ2n) is 4.15. The number of amides is 1. The highest BCUT2D eigenvalue weighted by Gasteiger charge is 2.16. The molecule has 0 N–H and O–H groups in total. The van der Waals surface area contributed by atoms with Crippen LogP contribution >= 0.6 is 38.9 Å². The summed E-state index contributed by atoms with van der Waals surface area (Å²) < 4.78 is 14.2. The SMILES string of the molecule is CCN(Cc1ccc(Cl)s1)C(=O)c1ccc(F)c(Br)c1. The Hall–Kier alpha value is -0.910. The maximum absolute atomic E-state index is 13.2. The van der Waals surface area contributed by atoms with E-state index in [-0.39, 0.29) is 11.7 Å². The first-order valence-corrected chi connectivity index (χ1v) is 7.98. The molecule has 2 nitrogen and oxygen atoms in total. The molecule has 6 heteroatoms. The topological polar surface area (TPSA) is 20.3 Å². The summed E-state index contributed by atoms with van der Waals surface area (Å²) in [7, 11) is 0. The Morgan fingerprint density at radius 3 is 2.70 bits per heavy atom. The van der Waals surface area contributed by atoms with Crippen LogP contribution in [-0.4, -0.2) is 17.4 Å². The van der Waals surface area contributed by atoms with Gasteiger partial charge in [-0.25, -0.2) is 4.39 Å². The molecule has 0 aliphatic carbocycles. The van der Waals surface area contributed by atoms with Crippen molar-refractivity contribution in [2.24, 2.45) is 0 Å². The van der Waals surface area contributed by atoms with Crippen LogP contribution in [0.2, 0.25) is 4.34 Å². The van der Waals surface area contributed by atoms with E-state index < -0.39 is 0 Å². The van der Waals surface area contributed by atoms with Crippen LogP contribution in [0.25, 0.3) is 0 Å². The quantitative estimate of drug-likeness (QED) is 0.738. The number of carbonyl (C=O) groups is 1. The number of carbonyl (C=O) groups excluding carboxylic acids is 1. The fourth-order valence-electron chi connectivity index (χ4n) is 1.76. The molecular formula is C14H12BrClFNOS. The third-order valence-electron chi connectivity index (χ3n) is 2.81. The van der Waals surface area contributed by atoms with Gasteiger partial charge in [0.2, 0.25) is 0 Å². The van der Waals surface area contributed by atoms with Gasteiger partial charge in [-0.05, 0) is 53.2 Å². The highest BCUT2D eigenvalue weighted by Crippen LogP contribution is 2.24. The molecule has 2 rings (SSSR count). The summed E-state index contributed by atoms with van der Waals surface area (Å²) in [6.45, 7) is 2.98. The van der Waals surface area contributed by atoms with Crippen molar-refractivity contribution in [3.63, 3.8) is 0 Å². The van der Waals surface area contributed by atoms with Crippen molar-refractivity contribution in [2.75, 3.05) is 6.54 Å². The van der Waals surface area contributed by atoms with Crippen LogP contribution in [0.1, 0.15) is 22.2 Å². The molecule has 0 aliphatic heterocycles. The normalized spacial score (nSPS) is 10.6. The Labute approximate surface area is 134 Å². The molecule has 106 valence electrons. The molecular weight excluding hydrogens is 365 g/mol. The monoisotopic (exact) mass is 375 g/mol. The van der Waals surface area contributed by atoms with Crippen LogP contribution in [0.3, 0.4) is 0 Å². The van der Waals surface area contributed by atoms with Gasteiger partial charge in [-0.15, -0.1) is 11.3 Å². The molecule has 0 aliphatic rings. The van der Waals surface area contributed by atoms with Crippen LogP contribution in [0.4, 0.5) is 4.39 Å². The van der Waals surface area contributed by atoms with E-state index in [9.17, 15) is 9.18 Å². The Bertz CT molecular complexity index is 631. The van der Waals surface area contributed by atoms with E-state index in [0.717, 1.165) is 4.88 Å². The van der Waals surface area contributed by atoms with Gasteiger partial charge in [0.1, 0.15) is 5.82 Å². The van der Waals surface area contributed by atoms with Gasteiger partial charge in [0, 0.05) is 17.0 Å². The van der Waals surface area contributed by atoms with Crippen LogP contribution in [0, 0.1) is 5.82 Å². The van der Waals surface area contributed by atoms with Crippen LogP contribution in [0.5, 0.6) is 0 Å². The van der Waals surface area contributed by atoms with Gasteiger partial charge in [0.15, 0.2) is 0 Å². The lowest BCUT2D eigenvalue weighted by atomic mass is 10.2. The van der Waals surface area contributed by atoms with Crippen molar-refractivity contribution in [3.8, 4) is 0 Å². The van der Waals surface area contributed by atoms with Gasteiger partial charge in [-0.3, -0.25) is 4.79 Å². The number of hydrogen-bond acceptors (Lipinski definition) is 2. The Kier molecular flexibility index (Phi) is 5.18. The summed E-state index contributed by atoms with van der Waals surface area (Å²) in [5.41, 5.74) is 0.461. The Balaban J connectivity index is 2.18. The Morgan fingerprint density at radius 1 is 1.40 bits per heavy atom. The molecule has 2 aromatic rings. The second-order valence-corrected chi connectivity index (χ2v) is 6.81. The highest BCUT2D eigenvalue weighted by molar-refractivity contribution is 9.10. The molecule has 20 heavy (non-hydrogen) atoms. The van der Waals surface area contributed by atoms with Crippen molar-refractivity contribution < 1.29 is 9.18 Å². The highest BCUT2D eigenvalue weighted by atomic mass is 79.9. The third kappa shape index (κ3) is 3.59. The summed E-state index contributed by atoms with van der Waals surface area (Å²) in [6.07, 6.45) is 0. The van der Waals surface area contributed by atoms with Crippen LogP contribution in [0.15, 0.2) is 34.8 Å². The summed E-state index contributed by atoms with van der Waals surface area (Å²) in [5.74, 6) is -0.507. The van der Waals surface area contributed by atoms with Crippen LogP contribution in [-0.2, 0) is 6.54 Å². The number of nitrogens with zero attached hydrogens (tertiary/aromatic N) is 1. The lowest BCUT2D eigenvalue weighted by molar-refractivity contribution is 0.0754. The van der Waals surface area contributed by atoms with Crippen LogP contribution < -0.4 is 0 Å². The van der Waals surface area contributed by atoms with Gasteiger partial charge >= 0.3 is 0 Å². The zero-order valence-corrected chi connectivity index (χ0v) is 13.9. The minimum Gasteiger partial charge on any atom is -0.334 e. The van der Waals surface area contributed by atoms with Crippen molar-refractivity contribution in [3.05, 3.63) is 55.4 Å². The lowest BCUT2D eigenvalue weighted by Crippen LogP contribution is -2.30. The van der Waals surface area contributed by atoms with Crippen molar-refractivity contribution in [2.45, 2.75) is 13.5 Å². The average Bonchev–Trinajstić information content (AvgIpc) is 2.84. The molecule has 0 unspecified atom stereocenters. The maximum Gasteiger partial charge on any atom is 0.254 e. The predicted octanol–water partition coefficient (Wildman–Crippen LogP) is 4.97. The largest absolute Gasteiger partial charge is 0.334 e. The minimum atomic E-state index is -0.380. The fourth-order valence-corrected chi connectivity index (χ4v) is 3.25. The van der Waals surface area contributed by atoms with E-state index in [4.69, 9.17) is 11.6 Å². The summed E-state index contributed by atoms with van der Waals surface area (Å²) in [6, 6.07) is 8.00. The molecule has 0 saturated heterocycles. The molecule has 0 saturated carbocycles. The second kappa shape index (κ2) is 6.70. The molecule has 0 radical (unpaired) electrons. The first-order chi connectivity index (χ1) is 9.51. The standard InChI is InChI=1S/C14H12BrClFNOS/c1-2-18(8-10-4-6-13(16)20-10)14(19)9-3-5-12(17)11(15)7-9/h3-7H,2,8H2,1H3. The van der Waals surface area contributed by atoms with E-state index in [0.29, 0.717) is 27.5 Å². The number of benzene rings is 1. The molecule has 1 aromatic carbocycles. The lowest BCUT2D eigenvalue weighted by Gasteiger charge is -2.20. The third-order valence-corrected chi connectivity index (χ3v) is 4.63. The van der Waals surface area contributed by atoms with Gasteiger partial charge in [-0.1, -0.05) is 11.6 Å². The minimum absolute atomic E-state index is 0.127. The molecule has 0 spiro atoms.